The molecule has 1 aromatic heterocycles. The van der Waals surface area contributed by atoms with E-state index in [4.69, 9.17) is 16.3 Å². The number of aromatic nitrogens is 1. The number of aliphatic hydroxyl groups excluding tert-OH is 1. The van der Waals surface area contributed by atoms with Gasteiger partial charge >= 0.3 is 0 Å². The summed E-state index contributed by atoms with van der Waals surface area (Å²) >= 11 is 5.76. The van der Waals surface area contributed by atoms with Gasteiger partial charge in [-0.2, -0.15) is 0 Å². The van der Waals surface area contributed by atoms with E-state index in [1.165, 1.54) is 0 Å². The summed E-state index contributed by atoms with van der Waals surface area (Å²) in [5.41, 5.74) is 0.786. The van der Waals surface area contributed by atoms with Crippen LogP contribution in [0.2, 0.25) is 5.02 Å². The van der Waals surface area contributed by atoms with Gasteiger partial charge in [-0.05, 0) is 42.0 Å². The molecular weight excluding hydrogens is 238 g/mol. The van der Waals surface area contributed by atoms with Crippen LogP contribution < -0.4 is 4.74 Å². The van der Waals surface area contributed by atoms with Crippen molar-refractivity contribution >= 4 is 11.6 Å². The van der Waals surface area contributed by atoms with Crippen molar-refractivity contribution in [1.82, 2.24) is 4.98 Å². The van der Waals surface area contributed by atoms with Gasteiger partial charge in [-0.25, -0.2) is 0 Å². The standard InChI is InChI=1S/C13H12ClNO2/c14-11-1-3-12(4-2-11)17-9-13(16)10-5-7-15-8-6-10/h1-8,13,16H,9H2. The molecule has 17 heavy (non-hydrogen) atoms. The molecule has 2 aromatic rings. The second kappa shape index (κ2) is 5.66. The average molecular weight is 250 g/mol. The first-order chi connectivity index (χ1) is 8.25. The lowest BCUT2D eigenvalue weighted by atomic mass is 10.2. The molecule has 88 valence electrons. The third-order valence-electron chi connectivity index (χ3n) is 2.31. The number of ether oxygens (including phenoxy) is 1. The Labute approximate surface area is 105 Å². The van der Waals surface area contributed by atoms with Gasteiger partial charge in [0.1, 0.15) is 18.5 Å². The fraction of sp³-hybridized carbons (Fsp3) is 0.154. The van der Waals surface area contributed by atoms with Crippen LogP contribution in [0.25, 0.3) is 0 Å². The Morgan fingerprint density at radius 3 is 2.41 bits per heavy atom. The van der Waals surface area contributed by atoms with E-state index in [2.05, 4.69) is 4.98 Å². The lowest BCUT2D eigenvalue weighted by Crippen LogP contribution is -2.09. The van der Waals surface area contributed by atoms with Crippen LogP contribution >= 0.6 is 11.6 Å². The highest BCUT2D eigenvalue weighted by atomic mass is 35.5. The van der Waals surface area contributed by atoms with Gasteiger partial charge in [-0.15, -0.1) is 0 Å². The molecule has 0 amide bonds. The van der Waals surface area contributed by atoms with E-state index in [9.17, 15) is 5.11 Å². The zero-order chi connectivity index (χ0) is 12.1. The van der Waals surface area contributed by atoms with Crippen LogP contribution in [0, 0.1) is 0 Å². The van der Waals surface area contributed by atoms with Crippen molar-refractivity contribution in [3.8, 4) is 5.75 Å². The summed E-state index contributed by atoms with van der Waals surface area (Å²) in [6.07, 6.45) is 2.62. The van der Waals surface area contributed by atoms with Crippen molar-refractivity contribution in [3.63, 3.8) is 0 Å². The lowest BCUT2D eigenvalue weighted by Gasteiger charge is -2.12. The van der Waals surface area contributed by atoms with Gasteiger partial charge in [0.05, 0.1) is 0 Å². The quantitative estimate of drug-likeness (QED) is 0.906. The second-order valence-electron chi connectivity index (χ2n) is 3.56. The number of pyridine rings is 1. The molecule has 1 atom stereocenters. The van der Waals surface area contributed by atoms with Gasteiger partial charge < -0.3 is 9.84 Å². The molecule has 0 saturated heterocycles. The molecule has 0 spiro atoms. The van der Waals surface area contributed by atoms with Crippen molar-refractivity contribution in [2.24, 2.45) is 0 Å². The zero-order valence-electron chi connectivity index (χ0n) is 9.08. The molecule has 2 rings (SSSR count). The van der Waals surface area contributed by atoms with Crippen LogP contribution in [0.1, 0.15) is 11.7 Å². The van der Waals surface area contributed by atoms with Crippen LogP contribution in [-0.4, -0.2) is 16.7 Å². The molecule has 0 radical (unpaired) electrons. The maximum Gasteiger partial charge on any atom is 0.119 e. The number of benzene rings is 1. The summed E-state index contributed by atoms with van der Waals surface area (Å²) in [5.74, 6) is 0.683. The van der Waals surface area contributed by atoms with Crippen LogP contribution in [0.3, 0.4) is 0 Å². The minimum absolute atomic E-state index is 0.200. The number of rotatable bonds is 4. The first kappa shape index (κ1) is 11.9. The fourth-order valence-corrected chi connectivity index (χ4v) is 1.51. The summed E-state index contributed by atoms with van der Waals surface area (Å²) in [4.78, 5) is 3.89. The predicted molar refractivity (Wildman–Crippen MR) is 66.1 cm³/mol. The third kappa shape index (κ3) is 3.44. The summed E-state index contributed by atoms with van der Waals surface area (Å²) in [5, 5.41) is 10.5. The van der Waals surface area contributed by atoms with Crippen LogP contribution in [0.5, 0.6) is 5.75 Å². The molecule has 1 heterocycles. The number of nitrogens with zero attached hydrogens (tertiary/aromatic N) is 1. The van der Waals surface area contributed by atoms with E-state index in [0.717, 1.165) is 5.56 Å². The molecule has 0 bridgehead atoms. The Hall–Kier alpha value is -1.58. The molecular formula is C13H12ClNO2. The molecule has 0 aliphatic carbocycles. The van der Waals surface area contributed by atoms with Gasteiger partial charge in [0, 0.05) is 17.4 Å². The summed E-state index contributed by atoms with van der Waals surface area (Å²) < 4.78 is 5.45. The van der Waals surface area contributed by atoms with E-state index in [1.807, 2.05) is 0 Å². The Balaban J connectivity index is 1.92. The van der Waals surface area contributed by atoms with E-state index < -0.39 is 6.10 Å². The number of hydrogen-bond donors (Lipinski definition) is 1. The number of aliphatic hydroxyl groups is 1. The van der Waals surface area contributed by atoms with Crippen LogP contribution in [0.15, 0.2) is 48.8 Å². The maximum absolute atomic E-state index is 9.86. The van der Waals surface area contributed by atoms with Gasteiger partial charge in [0.2, 0.25) is 0 Å². The van der Waals surface area contributed by atoms with Crippen molar-refractivity contribution in [2.75, 3.05) is 6.61 Å². The molecule has 1 aromatic carbocycles. The average Bonchev–Trinajstić information content (AvgIpc) is 2.39. The zero-order valence-corrected chi connectivity index (χ0v) is 9.84. The Morgan fingerprint density at radius 1 is 1.12 bits per heavy atom. The van der Waals surface area contributed by atoms with Gasteiger partial charge in [-0.1, -0.05) is 11.6 Å². The molecule has 4 heteroatoms. The van der Waals surface area contributed by atoms with Gasteiger partial charge in [0.25, 0.3) is 0 Å². The first-order valence-corrected chi connectivity index (χ1v) is 5.60. The van der Waals surface area contributed by atoms with Crippen molar-refractivity contribution in [3.05, 3.63) is 59.4 Å². The third-order valence-corrected chi connectivity index (χ3v) is 2.56. The SMILES string of the molecule is OC(COc1ccc(Cl)cc1)c1ccncc1. The van der Waals surface area contributed by atoms with Crippen molar-refractivity contribution < 1.29 is 9.84 Å². The summed E-state index contributed by atoms with van der Waals surface area (Å²) in [6, 6.07) is 10.5. The Bertz CT molecular complexity index is 459. The summed E-state index contributed by atoms with van der Waals surface area (Å²) in [7, 11) is 0. The molecule has 0 aliphatic rings. The molecule has 1 N–H and O–H groups in total. The van der Waals surface area contributed by atoms with Crippen LogP contribution in [0.4, 0.5) is 0 Å². The molecule has 0 saturated carbocycles. The minimum Gasteiger partial charge on any atom is -0.491 e. The highest BCUT2D eigenvalue weighted by Gasteiger charge is 2.07. The van der Waals surface area contributed by atoms with Gasteiger partial charge in [0.15, 0.2) is 0 Å². The molecule has 0 fully saturated rings. The van der Waals surface area contributed by atoms with Crippen molar-refractivity contribution in [1.29, 1.82) is 0 Å². The van der Waals surface area contributed by atoms with Crippen LogP contribution in [-0.2, 0) is 0 Å². The maximum atomic E-state index is 9.86. The summed E-state index contributed by atoms with van der Waals surface area (Å²) in [6.45, 7) is 0.200. The largest absolute Gasteiger partial charge is 0.491 e. The number of hydrogen-bond acceptors (Lipinski definition) is 3. The molecule has 3 nitrogen and oxygen atoms in total. The first-order valence-electron chi connectivity index (χ1n) is 5.22. The lowest BCUT2D eigenvalue weighted by molar-refractivity contribution is 0.108. The molecule has 0 aliphatic heterocycles. The molecule has 1 unspecified atom stereocenters. The Morgan fingerprint density at radius 2 is 1.76 bits per heavy atom. The van der Waals surface area contributed by atoms with E-state index in [-0.39, 0.29) is 6.61 Å². The van der Waals surface area contributed by atoms with E-state index in [1.54, 1.807) is 48.8 Å². The highest BCUT2D eigenvalue weighted by molar-refractivity contribution is 6.30. The smallest absolute Gasteiger partial charge is 0.119 e. The Kier molecular flexibility index (Phi) is 3.96. The van der Waals surface area contributed by atoms with E-state index >= 15 is 0 Å². The topological polar surface area (TPSA) is 42.4 Å². The van der Waals surface area contributed by atoms with Gasteiger partial charge in [-0.3, -0.25) is 4.98 Å². The van der Waals surface area contributed by atoms with E-state index in [0.29, 0.717) is 10.8 Å². The second-order valence-corrected chi connectivity index (χ2v) is 4.00. The monoisotopic (exact) mass is 249 g/mol. The number of halogens is 1. The highest BCUT2D eigenvalue weighted by Crippen LogP contribution is 2.18. The minimum atomic E-state index is -0.659. The predicted octanol–water partition coefficient (Wildman–Crippen LogP) is 2.85. The fourth-order valence-electron chi connectivity index (χ4n) is 1.39. The van der Waals surface area contributed by atoms with Crippen molar-refractivity contribution in [2.45, 2.75) is 6.10 Å². The normalized spacial score (nSPS) is 12.1.